The Morgan fingerprint density at radius 2 is 2.25 bits per heavy atom. The molecule has 0 radical (unpaired) electrons. The highest BCUT2D eigenvalue weighted by molar-refractivity contribution is 5.83. The number of nitrogens with one attached hydrogen (secondary N) is 1. The lowest BCUT2D eigenvalue weighted by molar-refractivity contribution is -0.132. The van der Waals surface area contributed by atoms with Gasteiger partial charge in [-0.25, -0.2) is 4.39 Å². The summed E-state index contributed by atoms with van der Waals surface area (Å²) in [6.07, 6.45) is 1.84. The first-order valence-corrected chi connectivity index (χ1v) is 9.70. The van der Waals surface area contributed by atoms with E-state index >= 15 is 0 Å². The average molecular weight is 381 g/mol. The maximum absolute atomic E-state index is 13.6. The Morgan fingerprint density at radius 1 is 1.39 bits per heavy atom. The fourth-order valence-corrected chi connectivity index (χ4v) is 4.13. The summed E-state index contributed by atoms with van der Waals surface area (Å²) in [4.78, 5) is 20.4. The van der Waals surface area contributed by atoms with Crippen LogP contribution < -0.4 is 5.32 Å². The SMILES string of the molecule is Cc1cnc2ccc(N[C@@H]3CCN(CC(=O)N4C[C@@H](F)CC4C#N)C3)cc2c1. The van der Waals surface area contributed by atoms with E-state index in [9.17, 15) is 9.18 Å². The summed E-state index contributed by atoms with van der Waals surface area (Å²) in [5.41, 5.74) is 3.14. The Bertz CT molecular complexity index is 927. The second kappa shape index (κ2) is 7.72. The predicted molar refractivity (Wildman–Crippen MR) is 106 cm³/mol. The molecule has 7 heteroatoms. The van der Waals surface area contributed by atoms with Crippen LogP contribution in [0.25, 0.3) is 10.9 Å². The highest BCUT2D eigenvalue weighted by atomic mass is 19.1. The first-order chi connectivity index (χ1) is 13.5. The van der Waals surface area contributed by atoms with Crippen LogP contribution in [0.1, 0.15) is 18.4 Å². The van der Waals surface area contributed by atoms with Crippen LogP contribution in [0.2, 0.25) is 0 Å². The van der Waals surface area contributed by atoms with Crippen LogP contribution >= 0.6 is 0 Å². The molecule has 0 saturated carbocycles. The molecular formula is C21H24FN5O. The normalized spacial score (nSPS) is 25.2. The molecule has 3 atom stereocenters. The Balaban J connectivity index is 1.34. The van der Waals surface area contributed by atoms with Gasteiger partial charge in [-0.1, -0.05) is 0 Å². The zero-order chi connectivity index (χ0) is 19.7. The van der Waals surface area contributed by atoms with Crippen molar-refractivity contribution in [3.63, 3.8) is 0 Å². The van der Waals surface area contributed by atoms with Crippen molar-refractivity contribution >= 4 is 22.5 Å². The van der Waals surface area contributed by atoms with Gasteiger partial charge in [0.15, 0.2) is 0 Å². The van der Waals surface area contributed by atoms with Gasteiger partial charge in [0.25, 0.3) is 0 Å². The number of nitriles is 1. The van der Waals surface area contributed by atoms with E-state index in [0.717, 1.165) is 41.7 Å². The van der Waals surface area contributed by atoms with E-state index in [1.807, 2.05) is 31.3 Å². The summed E-state index contributed by atoms with van der Waals surface area (Å²) in [5.74, 6) is -0.153. The van der Waals surface area contributed by atoms with Gasteiger partial charge in [0.05, 0.1) is 24.7 Å². The van der Waals surface area contributed by atoms with Crippen LogP contribution in [0.3, 0.4) is 0 Å². The molecule has 1 aromatic heterocycles. The molecule has 2 aromatic rings. The fraction of sp³-hybridized carbons (Fsp3) is 0.476. The molecule has 2 aliphatic heterocycles. The maximum atomic E-state index is 13.6. The van der Waals surface area contributed by atoms with Gasteiger partial charge in [-0.05, 0) is 43.2 Å². The molecule has 1 unspecified atom stereocenters. The summed E-state index contributed by atoms with van der Waals surface area (Å²) in [6.45, 7) is 3.86. The molecule has 0 aliphatic carbocycles. The molecule has 1 amide bonds. The van der Waals surface area contributed by atoms with Gasteiger partial charge in [0, 0.05) is 42.8 Å². The number of pyridine rings is 1. The highest BCUT2D eigenvalue weighted by Crippen LogP contribution is 2.23. The molecule has 1 aromatic carbocycles. The average Bonchev–Trinajstić information content (AvgIpc) is 3.27. The van der Waals surface area contributed by atoms with E-state index in [-0.39, 0.29) is 31.5 Å². The number of anilines is 1. The molecular weight excluding hydrogens is 357 g/mol. The van der Waals surface area contributed by atoms with Gasteiger partial charge in [-0.15, -0.1) is 0 Å². The van der Waals surface area contributed by atoms with Gasteiger partial charge in [-0.3, -0.25) is 14.7 Å². The van der Waals surface area contributed by atoms with Crippen LogP contribution in [0.4, 0.5) is 10.1 Å². The second-order valence-electron chi connectivity index (χ2n) is 7.81. The predicted octanol–water partition coefficient (Wildman–Crippen LogP) is 2.49. The van der Waals surface area contributed by atoms with E-state index in [0.29, 0.717) is 0 Å². The van der Waals surface area contributed by atoms with E-state index in [1.54, 1.807) is 0 Å². The van der Waals surface area contributed by atoms with Crippen LogP contribution in [-0.2, 0) is 4.79 Å². The lowest BCUT2D eigenvalue weighted by atomic mass is 10.1. The molecule has 0 bridgehead atoms. The molecule has 2 saturated heterocycles. The zero-order valence-electron chi connectivity index (χ0n) is 15.9. The Labute approximate surface area is 163 Å². The van der Waals surface area contributed by atoms with E-state index in [4.69, 9.17) is 5.26 Å². The van der Waals surface area contributed by atoms with Crippen molar-refractivity contribution in [2.75, 3.05) is 31.5 Å². The number of alkyl halides is 1. The minimum Gasteiger partial charge on any atom is -0.381 e. The van der Waals surface area contributed by atoms with Crippen molar-refractivity contribution in [3.05, 3.63) is 36.0 Å². The number of nitrogens with zero attached hydrogens (tertiary/aromatic N) is 4. The molecule has 4 rings (SSSR count). The number of hydrogen-bond acceptors (Lipinski definition) is 5. The van der Waals surface area contributed by atoms with Crippen molar-refractivity contribution in [1.29, 1.82) is 5.26 Å². The third-order valence-electron chi connectivity index (χ3n) is 5.54. The van der Waals surface area contributed by atoms with Crippen molar-refractivity contribution in [3.8, 4) is 6.07 Å². The molecule has 3 heterocycles. The number of benzene rings is 1. The summed E-state index contributed by atoms with van der Waals surface area (Å²) < 4.78 is 13.6. The van der Waals surface area contributed by atoms with Gasteiger partial charge in [-0.2, -0.15) is 5.26 Å². The topological polar surface area (TPSA) is 72.3 Å². The van der Waals surface area contributed by atoms with Crippen LogP contribution in [0.5, 0.6) is 0 Å². The summed E-state index contributed by atoms with van der Waals surface area (Å²) in [5, 5.41) is 13.8. The quantitative estimate of drug-likeness (QED) is 0.881. The second-order valence-corrected chi connectivity index (χ2v) is 7.81. The third kappa shape index (κ3) is 3.92. The largest absolute Gasteiger partial charge is 0.381 e. The van der Waals surface area contributed by atoms with Gasteiger partial charge < -0.3 is 10.2 Å². The minimum atomic E-state index is -1.09. The first kappa shape index (κ1) is 18.6. The smallest absolute Gasteiger partial charge is 0.237 e. The zero-order valence-corrected chi connectivity index (χ0v) is 15.9. The van der Waals surface area contributed by atoms with Gasteiger partial charge >= 0.3 is 0 Å². The number of fused-ring (bicyclic) bond motifs is 1. The molecule has 6 nitrogen and oxygen atoms in total. The number of hydrogen-bond donors (Lipinski definition) is 1. The number of carbonyl (C=O) groups excluding carboxylic acids is 1. The van der Waals surface area contributed by atoms with Crippen LogP contribution in [0.15, 0.2) is 30.5 Å². The van der Waals surface area contributed by atoms with Gasteiger partial charge in [0.1, 0.15) is 12.2 Å². The number of aromatic nitrogens is 1. The van der Waals surface area contributed by atoms with Crippen molar-refractivity contribution < 1.29 is 9.18 Å². The number of rotatable bonds is 4. The highest BCUT2D eigenvalue weighted by Gasteiger charge is 2.36. The number of likely N-dealkylation sites (tertiary alicyclic amines) is 2. The molecule has 146 valence electrons. The summed E-state index contributed by atoms with van der Waals surface area (Å²) in [6, 6.07) is 9.92. The fourth-order valence-electron chi connectivity index (χ4n) is 4.13. The standard InChI is InChI=1S/C21H24FN5O/c1-14-6-15-7-17(2-3-20(15)24-10-14)25-18-4-5-26(12-18)13-21(28)27-11-16(22)8-19(27)9-23/h2-3,6-7,10,16,18-19,25H,4-5,8,11-13H2,1H3/t16-,18+,19?/m0/s1. The number of amides is 1. The van der Waals surface area contributed by atoms with E-state index in [1.165, 1.54) is 4.90 Å². The first-order valence-electron chi connectivity index (χ1n) is 9.70. The van der Waals surface area contributed by atoms with E-state index < -0.39 is 12.2 Å². The van der Waals surface area contributed by atoms with Crippen molar-refractivity contribution in [2.24, 2.45) is 0 Å². The number of aryl methyl sites for hydroxylation is 1. The van der Waals surface area contributed by atoms with Gasteiger partial charge in [0.2, 0.25) is 5.91 Å². The maximum Gasteiger partial charge on any atom is 0.237 e. The number of carbonyl (C=O) groups is 1. The molecule has 2 fully saturated rings. The molecule has 1 N–H and O–H groups in total. The Morgan fingerprint density at radius 3 is 3.07 bits per heavy atom. The lowest BCUT2D eigenvalue weighted by Gasteiger charge is -2.23. The summed E-state index contributed by atoms with van der Waals surface area (Å²) >= 11 is 0. The lowest BCUT2D eigenvalue weighted by Crippen LogP contribution is -2.42. The van der Waals surface area contributed by atoms with E-state index in [2.05, 4.69) is 27.3 Å². The monoisotopic (exact) mass is 381 g/mol. The molecule has 0 spiro atoms. The summed E-state index contributed by atoms with van der Waals surface area (Å²) in [7, 11) is 0. The molecule has 28 heavy (non-hydrogen) atoms. The van der Waals surface area contributed by atoms with Crippen LogP contribution in [0, 0.1) is 18.3 Å². The molecule has 2 aliphatic rings. The van der Waals surface area contributed by atoms with Crippen molar-refractivity contribution in [2.45, 2.75) is 38.0 Å². The minimum absolute atomic E-state index is 0.0388. The Kier molecular flexibility index (Phi) is 5.14. The third-order valence-corrected chi connectivity index (χ3v) is 5.54. The number of halogens is 1. The van der Waals surface area contributed by atoms with Crippen molar-refractivity contribution in [1.82, 2.24) is 14.8 Å². The van der Waals surface area contributed by atoms with Crippen LogP contribution in [-0.4, -0.2) is 65.1 Å². The Hall–Kier alpha value is -2.72.